The number of guanidine groups is 1. The van der Waals surface area contributed by atoms with E-state index in [2.05, 4.69) is 49.8 Å². The lowest BCUT2D eigenvalue weighted by Gasteiger charge is -2.19. The Morgan fingerprint density at radius 2 is 2.04 bits per heavy atom. The van der Waals surface area contributed by atoms with E-state index in [1.54, 1.807) is 7.05 Å². The van der Waals surface area contributed by atoms with E-state index >= 15 is 0 Å². The van der Waals surface area contributed by atoms with E-state index in [0.717, 1.165) is 17.0 Å². The number of halogens is 2. The summed E-state index contributed by atoms with van der Waals surface area (Å²) in [5, 5.41) is 6.56. The lowest BCUT2D eigenvalue weighted by Crippen LogP contribution is -2.42. The second-order valence-corrected chi connectivity index (χ2v) is 9.56. The largest absolute Gasteiger partial charge is 0.379 e. The summed E-state index contributed by atoms with van der Waals surface area (Å²) in [6.45, 7) is 2.07. The zero-order chi connectivity index (χ0) is 18.3. The molecular weight excluding hydrogens is 533 g/mol. The van der Waals surface area contributed by atoms with Crippen LogP contribution in [0.3, 0.4) is 0 Å². The lowest BCUT2D eigenvalue weighted by molar-refractivity contribution is 0.154. The zero-order valence-corrected chi connectivity index (χ0v) is 19.9. The predicted octanol–water partition coefficient (Wildman–Crippen LogP) is 2.32. The van der Waals surface area contributed by atoms with Crippen LogP contribution < -0.4 is 10.6 Å². The van der Waals surface area contributed by atoms with Crippen molar-refractivity contribution in [1.82, 2.24) is 10.6 Å². The average molecular weight is 560 g/mol. The number of aliphatic imine (C=N–C) groups is 1. The van der Waals surface area contributed by atoms with Crippen molar-refractivity contribution in [3.05, 3.63) is 34.3 Å². The Balaban J connectivity index is 0.00000338. The van der Waals surface area contributed by atoms with Gasteiger partial charge in [-0.25, -0.2) is 8.42 Å². The summed E-state index contributed by atoms with van der Waals surface area (Å²) >= 11 is 3.54. The Labute approximate surface area is 181 Å². The van der Waals surface area contributed by atoms with Crippen LogP contribution in [-0.4, -0.2) is 59.7 Å². The average Bonchev–Trinajstić information content (AvgIpc) is 3.34. The highest BCUT2D eigenvalue weighted by Crippen LogP contribution is 2.48. The van der Waals surface area contributed by atoms with Gasteiger partial charge in [0.1, 0.15) is 9.84 Å². The summed E-state index contributed by atoms with van der Waals surface area (Å²) in [4.78, 5) is 4.22. The molecule has 0 unspecified atom stereocenters. The molecule has 1 aliphatic rings. The summed E-state index contributed by atoms with van der Waals surface area (Å²) in [5.41, 5.74) is 1.53. The highest BCUT2D eigenvalue weighted by molar-refractivity contribution is 14.0. The normalized spacial score (nSPS) is 15.9. The first-order valence-electron chi connectivity index (χ1n) is 8.31. The van der Waals surface area contributed by atoms with Crippen LogP contribution >= 0.6 is 39.9 Å². The number of ether oxygens (including phenoxy) is 1. The minimum absolute atomic E-state index is 0. The predicted molar refractivity (Wildman–Crippen MR) is 120 cm³/mol. The van der Waals surface area contributed by atoms with E-state index in [1.165, 1.54) is 24.7 Å². The van der Waals surface area contributed by atoms with Crippen molar-refractivity contribution in [2.75, 3.05) is 45.4 Å². The van der Waals surface area contributed by atoms with Crippen LogP contribution in [0.25, 0.3) is 0 Å². The third-order valence-corrected chi connectivity index (χ3v) is 5.65. The molecule has 0 amide bonds. The molecule has 1 saturated carbocycles. The van der Waals surface area contributed by atoms with Crippen molar-refractivity contribution in [2.45, 2.75) is 18.3 Å². The number of hydrogen-bond donors (Lipinski definition) is 2. The van der Waals surface area contributed by atoms with Crippen LogP contribution in [0, 0.1) is 0 Å². The van der Waals surface area contributed by atoms with Gasteiger partial charge in [0.05, 0.1) is 19.0 Å². The highest BCUT2D eigenvalue weighted by atomic mass is 127. The van der Waals surface area contributed by atoms with Gasteiger partial charge in [0.15, 0.2) is 5.96 Å². The molecule has 0 aromatic heterocycles. The summed E-state index contributed by atoms with van der Waals surface area (Å²) in [6.07, 6.45) is 3.55. The number of nitrogens with one attached hydrogen (secondary N) is 2. The maximum absolute atomic E-state index is 11.0. The van der Waals surface area contributed by atoms with Crippen molar-refractivity contribution in [2.24, 2.45) is 4.99 Å². The topological polar surface area (TPSA) is 79.8 Å². The van der Waals surface area contributed by atoms with Gasteiger partial charge in [0.2, 0.25) is 0 Å². The molecule has 1 aromatic carbocycles. The van der Waals surface area contributed by atoms with Crippen LogP contribution in [0.5, 0.6) is 0 Å². The van der Waals surface area contributed by atoms with E-state index in [0.29, 0.717) is 13.2 Å². The number of hydrogen-bond acceptors (Lipinski definition) is 4. The van der Waals surface area contributed by atoms with E-state index in [1.807, 2.05) is 6.07 Å². The van der Waals surface area contributed by atoms with Crippen LogP contribution in [0.1, 0.15) is 18.4 Å². The van der Waals surface area contributed by atoms with Gasteiger partial charge in [-0.3, -0.25) is 4.99 Å². The summed E-state index contributed by atoms with van der Waals surface area (Å²) < 4.78 is 28.4. The molecule has 2 rings (SSSR count). The third kappa shape index (κ3) is 8.10. The molecule has 1 aromatic rings. The SMILES string of the molecule is CN=C(NCCOCCS(C)(=O)=O)NCC1(c2cccc(Br)c2)CC1.I. The molecule has 2 N–H and O–H groups in total. The van der Waals surface area contributed by atoms with Gasteiger partial charge in [0.25, 0.3) is 0 Å². The fourth-order valence-corrected chi connectivity index (χ4v) is 3.38. The number of benzene rings is 1. The van der Waals surface area contributed by atoms with Crippen molar-refractivity contribution in [1.29, 1.82) is 0 Å². The summed E-state index contributed by atoms with van der Waals surface area (Å²) in [6, 6.07) is 8.46. The van der Waals surface area contributed by atoms with Crippen molar-refractivity contribution in [3.8, 4) is 0 Å². The maximum atomic E-state index is 11.0. The second kappa shape index (κ2) is 10.8. The fraction of sp³-hybridized carbons (Fsp3) is 0.588. The Morgan fingerprint density at radius 3 is 2.62 bits per heavy atom. The molecule has 6 nitrogen and oxygen atoms in total. The first kappa shape index (κ1) is 23.6. The first-order valence-corrected chi connectivity index (χ1v) is 11.2. The van der Waals surface area contributed by atoms with Crippen LogP contribution in [-0.2, 0) is 20.0 Å². The van der Waals surface area contributed by atoms with Crippen LogP contribution in [0.2, 0.25) is 0 Å². The molecule has 0 atom stereocenters. The molecule has 0 spiro atoms. The standard InChI is InChI=1S/C17H26BrN3O3S.HI/c1-19-16(20-8-9-24-10-11-25(2,22)23)21-13-17(6-7-17)14-4-3-5-15(18)12-14;/h3-5,12H,6-11,13H2,1-2H3,(H2,19,20,21);1H. The first-order chi connectivity index (χ1) is 11.8. The molecule has 0 radical (unpaired) electrons. The maximum Gasteiger partial charge on any atom is 0.191 e. The lowest BCUT2D eigenvalue weighted by atomic mass is 9.96. The van der Waals surface area contributed by atoms with E-state index in [9.17, 15) is 8.42 Å². The minimum Gasteiger partial charge on any atom is -0.379 e. The van der Waals surface area contributed by atoms with Crippen molar-refractivity contribution >= 4 is 55.7 Å². The van der Waals surface area contributed by atoms with Gasteiger partial charge in [-0.15, -0.1) is 24.0 Å². The second-order valence-electron chi connectivity index (χ2n) is 6.39. The Kier molecular flexibility index (Phi) is 9.84. The molecule has 1 fully saturated rings. The molecule has 0 bridgehead atoms. The molecule has 0 heterocycles. The van der Waals surface area contributed by atoms with Crippen molar-refractivity contribution in [3.63, 3.8) is 0 Å². The van der Waals surface area contributed by atoms with Gasteiger partial charge < -0.3 is 15.4 Å². The van der Waals surface area contributed by atoms with E-state index in [4.69, 9.17) is 4.74 Å². The van der Waals surface area contributed by atoms with Gasteiger partial charge in [0, 0.05) is 36.3 Å². The molecule has 148 valence electrons. The quantitative estimate of drug-likeness (QED) is 0.210. The van der Waals surface area contributed by atoms with Gasteiger partial charge in [-0.05, 0) is 30.5 Å². The fourth-order valence-electron chi connectivity index (χ4n) is 2.56. The van der Waals surface area contributed by atoms with E-state index < -0.39 is 9.84 Å². The Bertz CT molecular complexity index is 709. The van der Waals surface area contributed by atoms with Crippen molar-refractivity contribution < 1.29 is 13.2 Å². The molecule has 26 heavy (non-hydrogen) atoms. The van der Waals surface area contributed by atoms with Crippen LogP contribution in [0.4, 0.5) is 0 Å². The number of sulfone groups is 1. The van der Waals surface area contributed by atoms with Gasteiger partial charge in [-0.2, -0.15) is 0 Å². The number of rotatable bonds is 9. The molecular formula is C17H27BrIN3O3S. The molecule has 9 heteroatoms. The molecule has 0 saturated heterocycles. The number of nitrogens with zero attached hydrogens (tertiary/aromatic N) is 1. The van der Waals surface area contributed by atoms with Gasteiger partial charge >= 0.3 is 0 Å². The Hall–Kier alpha value is -0.390. The Morgan fingerprint density at radius 1 is 1.31 bits per heavy atom. The van der Waals surface area contributed by atoms with E-state index in [-0.39, 0.29) is 41.8 Å². The molecule has 1 aliphatic carbocycles. The smallest absolute Gasteiger partial charge is 0.191 e. The zero-order valence-electron chi connectivity index (χ0n) is 15.1. The highest BCUT2D eigenvalue weighted by Gasteiger charge is 2.44. The third-order valence-electron chi connectivity index (χ3n) is 4.25. The summed E-state index contributed by atoms with van der Waals surface area (Å²) in [7, 11) is -1.23. The minimum atomic E-state index is -2.96. The monoisotopic (exact) mass is 559 g/mol. The van der Waals surface area contributed by atoms with Crippen LogP contribution in [0.15, 0.2) is 33.7 Å². The molecule has 0 aliphatic heterocycles. The summed E-state index contributed by atoms with van der Waals surface area (Å²) in [5.74, 6) is 0.780. The van der Waals surface area contributed by atoms with Gasteiger partial charge in [-0.1, -0.05) is 28.1 Å².